The van der Waals surface area contributed by atoms with Crippen molar-refractivity contribution in [2.75, 3.05) is 31.0 Å². The standard InChI is InChI=1S/C21H20N2O6/c1-27-18(24)13-3-2-4-14(11-13)22-19(25)21(7-8-21)20(26)23-15-5-6-16-17(12-15)29-10-9-28-16/h2-6,11-12H,7-10H2,1H3,(H,22,25)(H,23,26). The third-order valence-corrected chi connectivity index (χ3v) is 4.96. The summed E-state index contributed by atoms with van der Waals surface area (Å²) in [6.07, 6.45) is 0.901. The first-order valence-corrected chi connectivity index (χ1v) is 9.23. The van der Waals surface area contributed by atoms with Crippen LogP contribution < -0.4 is 20.1 Å². The molecule has 0 radical (unpaired) electrons. The number of amides is 2. The van der Waals surface area contributed by atoms with Gasteiger partial charge in [-0.1, -0.05) is 6.07 Å². The van der Waals surface area contributed by atoms with Crippen LogP contribution in [0, 0.1) is 5.41 Å². The first-order chi connectivity index (χ1) is 14.0. The minimum absolute atomic E-state index is 0.316. The SMILES string of the molecule is COC(=O)c1cccc(NC(=O)C2(C(=O)Nc3ccc4c(c3)OCCO4)CC2)c1. The van der Waals surface area contributed by atoms with Crippen molar-refractivity contribution in [2.24, 2.45) is 5.41 Å². The van der Waals surface area contributed by atoms with Gasteiger partial charge < -0.3 is 24.8 Å². The van der Waals surface area contributed by atoms with Crippen molar-refractivity contribution in [3.8, 4) is 11.5 Å². The van der Waals surface area contributed by atoms with Crippen molar-refractivity contribution in [1.82, 2.24) is 0 Å². The molecule has 0 unspecified atom stereocenters. The first-order valence-electron chi connectivity index (χ1n) is 9.23. The summed E-state index contributed by atoms with van der Waals surface area (Å²) in [6, 6.07) is 11.5. The normalized spacial score (nSPS) is 15.8. The zero-order valence-electron chi connectivity index (χ0n) is 15.8. The second-order valence-corrected chi connectivity index (χ2v) is 6.92. The van der Waals surface area contributed by atoms with Crippen molar-refractivity contribution >= 4 is 29.2 Å². The Balaban J connectivity index is 1.45. The van der Waals surface area contributed by atoms with Crippen LogP contribution in [0.25, 0.3) is 0 Å². The van der Waals surface area contributed by atoms with Crippen molar-refractivity contribution in [1.29, 1.82) is 0 Å². The van der Waals surface area contributed by atoms with Crippen LogP contribution in [0.4, 0.5) is 11.4 Å². The number of rotatable bonds is 5. The molecule has 0 saturated heterocycles. The number of esters is 1. The van der Waals surface area contributed by atoms with E-state index in [1.807, 2.05) is 0 Å². The number of benzene rings is 2. The Labute approximate surface area is 167 Å². The highest BCUT2D eigenvalue weighted by Gasteiger charge is 2.56. The Hall–Kier alpha value is -3.55. The predicted molar refractivity (Wildman–Crippen MR) is 104 cm³/mol. The maximum Gasteiger partial charge on any atom is 0.337 e. The van der Waals surface area contributed by atoms with Gasteiger partial charge >= 0.3 is 5.97 Å². The van der Waals surface area contributed by atoms with Crippen LogP contribution >= 0.6 is 0 Å². The van der Waals surface area contributed by atoms with E-state index in [1.54, 1.807) is 36.4 Å². The van der Waals surface area contributed by atoms with Gasteiger partial charge in [-0.3, -0.25) is 9.59 Å². The molecule has 8 nitrogen and oxygen atoms in total. The lowest BCUT2D eigenvalue weighted by Crippen LogP contribution is -2.35. The maximum atomic E-state index is 12.8. The van der Waals surface area contributed by atoms with E-state index in [2.05, 4.69) is 15.4 Å². The van der Waals surface area contributed by atoms with Crippen molar-refractivity contribution in [3.63, 3.8) is 0 Å². The van der Waals surface area contributed by atoms with Gasteiger partial charge in [0.2, 0.25) is 11.8 Å². The first kappa shape index (κ1) is 18.8. The third-order valence-electron chi connectivity index (χ3n) is 4.96. The van der Waals surface area contributed by atoms with Crippen LogP contribution in [0.3, 0.4) is 0 Å². The number of methoxy groups -OCH3 is 1. The third kappa shape index (κ3) is 3.73. The molecule has 2 aliphatic rings. The van der Waals surface area contributed by atoms with Crippen molar-refractivity contribution in [3.05, 3.63) is 48.0 Å². The zero-order valence-corrected chi connectivity index (χ0v) is 15.8. The van der Waals surface area contributed by atoms with E-state index < -0.39 is 17.3 Å². The van der Waals surface area contributed by atoms with Crippen molar-refractivity contribution < 1.29 is 28.6 Å². The van der Waals surface area contributed by atoms with Gasteiger partial charge in [0.15, 0.2) is 11.5 Å². The van der Waals surface area contributed by atoms with Gasteiger partial charge in [0, 0.05) is 17.4 Å². The number of hydrogen-bond donors (Lipinski definition) is 2. The van der Waals surface area contributed by atoms with Gasteiger partial charge in [-0.2, -0.15) is 0 Å². The van der Waals surface area contributed by atoms with Gasteiger partial charge in [0.1, 0.15) is 18.6 Å². The molecule has 2 aromatic rings. The van der Waals surface area contributed by atoms with Gasteiger partial charge in [-0.15, -0.1) is 0 Å². The molecule has 1 aliphatic heterocycles. The molecule has 1 aliphatic carbocycles. The fraction of sp³-hybridized carbons (Fsp3) is 0.286. The summed E-state index contributed by atoms with van der Waals surface area (Å²) < 4.78 is 15.7. The average molecular weight is 396 g/mol. The zero-order chi connectivity index (χ0) is 20.4. The molecule has 0 bridgehead atoms. The highest BCUT2D eigenvalue weighted by molar-refractivity contribution is 6.17. The van der Waals surface area contributed by atoms with Crippen LogP contribution in [0.5, 0.6) is 11.5 Å². The molecule has 2 N–H and O–H groups in total. The molecule has 1 heterocycles. The second-order valence-electron chi connectivity index (χ2n) is 6.92. The maximum absolute atomic E-state index is 12.8. The Morgan fingerprint density at radius 3 is 2.21 bits per heavy atom. The lowest BCUT2D eigenvalue weighted by Gasteiger charge is -2.20. The fourth-order valence-corrected chi connectivity index (χ4v) is 3.15. The molecule has 29 heavy (non-hydrogen) atoms. The molecular weight excluding hydrogens is 376 g/mol. The second kappa shape index (κ2) is 7.46. The topological polar surface area (TPSA) is 103 Å². The highest BCUT2D eigenvalue weighted by Crippen LogP contribution is 2.47. The van der Waals surface area contributed by atoms with E-state index >= 15 is 0 Å². The minimum Gasteiger partial charge on any atom is -0.486 e. The van der Waals surface area contributed by atoms with Crippen LogP contribution in [-0.2, 0) is 14.3 Å². The molecule has 1 fully saturated rings. The summed E-state index contributed by atoms with van der Waals surface area (Å²) in [6.45, 7) is 0.931. The molecule has 8 heteroatoms. The van der Waals surface area contributed by atoms with Crippen LogP contribution in [0.15, 0.2) is 42.5 Å². The largest absolute Gasteiger partial charge is 0.486 e. The van der Waals surface area contributed by atoms with Crippen LogP contribution in [-0.4, -0.2) is 38.1 Å². The van der Waals surface area contributed by atoms with E-state index in [4.69, 9.17) is 9.47 Å². The Kier molecular flexibility index (Phi) is 4.84. The van der Waals surface area contributed by atoms with E-state index in [9.17, 15) is 14.4 Å². The highest BCUT2D eigenvalue weighted by atomic mass is 16.6. The fourth-order valence-electron chi connectivity index (χ4n) is 3.15. The molecular formula is C21H20N2O6. The monoisotopic (exact) mass is 396 g/mol. The van der Waals surface area contributed by atoms with Crippen molar-refractivity contribution in [2.45, 2.75) is 12.8 Å². The average Bonchev–Trinajstić information content (AvgIpc) is 3.55. The molecule has 150 valence electrons. The van der Waals surface area contributed by atoms with E-state index in [-0.39, 0.29) is 5.91 Å². The number of carbonyl (C=O) groups excluding carboxylic acids is 3. The van der Waals surface area contributed by atoms with E-state index in [1.165, 1.54) is 13.2 Å². The number of nitrogens with one attached hydrogen (secondary N) is 2. The molecule has 0 aromatic heterocycles. The van der Waals surface area contributed by atoms with E-state index in [0.717, 1.165) is 0 Å². The summed E-state index contributed by atoms with van der Waals surface area (Å²) in [4.78, 5) is 37.2. The lowest BCUT2D eigenvalue weighted by molar-refractivity contribution is -0.131. The smallest absolute Gasteiger partial charge is 0.337 e. The summed E-state index contributed by atoms with van der Waals surface area (Å²) in [5, 5.41) is 5.52. The number of ether oxygens (including phenoxy) is 3. The Bertz CT molecular complexity index is 983. The molecule has 4 rings (SSSR count). The number of anilines is 2. The quantitative estimate of drug-likeness (QED) is 0.595. The Morgan fingerprint density at radius 1 is 0.897 bits per heavy atom. The van der Waals surface area contributed by atoms with Gasteiger partial charge in [-0.05, 0) is 43.2 Å². The van der Waals surface area contributed by atoms with Crippen LogP contribution in [0.2, 0.25) is 0 Å². The minimum atomic E-state index is -1.13. The predicted octanol–water partition coefficient (Wildman–Crippen LogP) is 2.60. The summed E-state index contributed by atoms with van der Waals surface area (Å²) in [5.41, 5.74) is 0.146. The number of fused-ring (bicyclic) bond motifs is 1. The molecule has 2 aromatic carbocycles. The molecule has 1 saturated carbocycles. The molecule has 2 amide bonds. The summed E-state index contributed by atoms with van der Waals surface area (Å²) >= 11 is 0. The van der Waals surface area contributed by atoms with E-state index in [0.29, 0.717) is 54.5 Å². The Morgan fingerprint density at radius 2 is 1.55 bits per heavy atom. The van der Waals surface area contributed by atoms with Crippen LogP contribution in [0.1, 0.15) is 23.2 Å². The summed E-state index contributed by atoms with van der Waals surface area (Å²) in [7, 11) is 1.29. The summed E-state index contributed by atoms with van der Waals surface area (Å²) in [5.74, 6) is -0.106. The molecule has 0 spiro atoms. The number of carbonyl (C=O) groups is 3. The lowest BCUT2D eigenvalue weighted by atomic mass is 10.0. The van der Waals surface area contributed by atoms with Gasteiger partial charge in [-0.25, -0.2) is 4.79 Å². The molecule has 0 atom stereocenters. The van der Waals surface area contributed by atoms with Gasteiger partial charge in [0.25, 0.3) is 0 Å². The van der Waals surface area contributed by atoms with Gasteiger partial charge in [0.05, 0.1) is 12.7 Å². The number of hydrogen-bond acceptors (Lipinski definition) is 6.